The van der Waals surface area contributed by atoms with E-state index in [-0.39, 0.29) is 5.92 Å². The number of benzene rings is 1. The van der Waals surface area contributed by atoms with Gasteiger partial charge in [0.25, 0.3) is 0 Å². The second kappa shape index (κ2) is 7.14. The SMILES string of the molecule is O=C(O)[C@H](CNOc1ccccc1)CC1CCCC1. The van der Waals surface area contributed by atoms with E-state index < -0.39 is 5.97 Å². The van der Waals surface area contributed by atoms with Gasteiger partial charge < -0.3 is 9.94 Å². The Bertz CT molecular complexity index is 388. The van der Waals surface area contributed by atoms with Crippen LogP contribution >= 0.6 is 0 Å². The van der Waals surface area contributed by atoms with Gasteiger partial charge in [-0.05, 0) is 24.5 Å². The minimum atomic E-state index is -0.740. The second-order valence-corrected chi connectivity index (χ2v) is 5.18. The first-order valence-corrected chi connectivity index (χ1v) is 6.93. The van der Waals surface area contributed by atoms with Crippen LogP contribution in [0.4, 0.5) is 0 Å². The lowest BCUT2D eigenvalue weighted by molar-refractivity contribution is -0.142. The molecular weight excluding hydrogens is 242 g/mol. The normalized spacial score (nSPS) is 17.3. The molecule has 0 amide bonds. The van der Waals surface area contributed by atoms with E-state index in [1.807, 2.05) is 30.3 Å². The summed E-state index contributed by atoms with van der Waals surface area (Å²) in [6.45, 7) is 0.348. The molecule has 0 radical (unpaired) electrons. The summed E-state index contributed by atoms with van der Waals surface area (Å²) in [5.41, 5.74) is 2.78. The summed E-state index contributed by atoms with van der Waals surface area (Å²) in [4.78, 5) is 16.6. The molecule has 0 spiro atoms. The average molecular weight is 263 g/mol. The zero-order valence-corrected chi connectivity index (χ0v) is 11.0. The summed E-state index contributed by atoms with van der Waals surface area (Å²) in [6.07, 6.45) is 5.57. The summed E-state index contributed by atoms with van der Waals surface area (Å²) in [5, 5.41) is 9.24. The predicted molar refractivity (Wildman–Crippen MR) is 72.8 cm³/mol. The van der Waals surface area contributed by atoms with Gasteiger partial charge in [0, 0.05) is 6.54 Å². The van der Waals surface area contributed by atoms with Crippen molar-refractivity contribution in [2.75, 3.05) is 6.54 Å². The number of hydroxylamine groups is 1. The van der Waals surface area contributed by atoms with Gasteiger partial charge in [-0.2, -0.15) is 5.48 Å². The van der Waals surface area contributed by atoms with Gasteiger partial charge in [0.2, 0.25) is 0 Å². The average Bonchev–Trinajstić information content (AvgIpc) is 2.91. The first-order valence-electron chi connectivity index (χ1n) is 6.93. The van der Waals surface area contributed by atoms with E-state index in [1.54, 1.807) is 0 Å². The molecule has 1 saturated carbocycles. The zero-order chi connectivity index (χ0) is 13.5. The highest BCUT2D eigenvalue weighted by molar-refractivity contribution is 5.70. The molecule has 2 N–H and O–H groups in total. The summed E-state index contributed by atoms with van der Waals surface area (Å²) in [7, 11) is 0. The van der Waals surface area contributed by atoms with Crippen molar-refractivity contribution in [3.8, 4) is 5.75 Å². The number of hydrogen-bond donors (Lipinski definition) is 2. The van der Waals surface area contributed by atoms with Crippen LogP contribution in [0.1, 0.15) is 32.1 Å². The molecule has 0 bridgehead atoms. The quantitative estimate of drug-likeness (QED) is 0.743. The van der Waals surface area contributed by atoms with Gasteiger partial charge >= 0.3 is 5.97 Å². The highest BCUT2D eigenvalue weighted by Crippen LogP contribution is 2.30. The van der Waals surface area contributed by atoms with Crippen LogP contribution in [0.2, 0.25) is 0 Å². The smallest absolute Gasteiger partial charge is 0.307 e. The third kappa shape index (κ3) is 4.56. The minimum absolute atomic E-state index is 0.348. The molecule has 0 saturated heterocycles. The van der Waals surface area contributed by atoms with Crippen LogP contribution in [0.15, 0.2) is 30.3 Å². The number of rotatable bonds is 7. The standard InChI is InChI=1S/C15H21NO3/c17-15(18)13(10-12-6-4-5-7-12)11-16-19-14-8-2-1-3-9-14/h1-3,8-9,12-13,16H,4-7,10-11H2,(H,17,18)/t13-/m0/s1. The maximum atomic E-state index is 11.2. The van der Waals surface area contributed by atoms with E-state index >= 15 is 0 Å². The van der Waals surface area contributed by atoms with E-state index in [1.165, 1.54) is 25.7 Å². The van der Waals surface area contributed by atoms with Crippen LogP contribution < -0.4 is 10.3 Å². The summed E-state index contributed by atoms with van der Waals surface area (Å²) >= 11 is 0. The van der Waals surface area contributed by atoms with Crippen molar-refractivity contribution in [3.05, 3.63) is 30.3 Å². The van der Waals surface area contributed by atoms with E-state index in [4.69, 9.17) is 4.84 Å². The molecule has 1 aliphatic rings. The van der Waals surface area contributed by atoms with Crippen LogP contribution in [-0.4, -0.2) is 17.6 Å². The van der Waals surface area contributed by atoms with Gasteiger partial charge in [0.05, 0.1) is 5.92 Å². The largest absolute Gasteiger partial charge is 0.481 e. The van der Waals surface area contributed by atoms with Crippen molar-refractivity contribution in [1.82, 2.24) is 5.48 Å². The van der Waals surface area contributed by atoms with Crippen molar-refractivity contribution in [3.63, 3.8) is 0 Å². The molecule has 0 aromatic heterocycles. The number of carboxylic acid groups (broad SMARTS) is 1. The van der Waals surface area contributed by atoms with Crippen molar-refractivity contribution >= 4 is 5.97 Å². The fraction of sp³-hybridized carbons (Fsp3) is 0.533. The van der Waals surface area contributed by atoms with Crippen molar-refractivity contribution < 1.29 is 14.7 Å². The maximum Gasteiger partial charge on any atom is 0.307 e. The Kier molecular flexibility index (Phi) is 5.21. The number of carbonyl (C=O) groups is 1. The number of para-hydroxylation sites is 1. The van der Waals surface area contributed by atoms with E-state index in [9.17, 15) is 9.90 Å². The third-order valence-corrected chi connectivity index (χ3v) is 3.70. The zero-order valence-electron chi connectivity index (χ0n) is 11.0. The molecule has 1 aromatic carbocycles. The number of nitrogens with one attached hydrogen (secondary N) is 1. The summed E-state index contributed by atoms with van der Waals surface area (Å²) in [5.74, 6) is 0.162. The second-order valence-electron chi connectivity index (χ2n) is 5.18. The number of aliphatic carboxylic acids is 1. The van der Waals surface area contributed by atoms with E-state index in [0.29, 0.717) is 18.2 Å². The molecular formula is C15H21NO3. The highest BCUT2D eigenvalue weighted by Gasteiger charge is 2.24. The molecule has 1 aromatic rings. The van der Waals surface area contributed by atoms with Gasteiger partial charge in [-0.3, -0.25) is 4.79 Å². The Labute approximate surface area is 113 Å². The fourth-order valence-electron chi connectivity index (χ4n) is 2.63. The molecule has 4 nitrogen and oxygen atoms in total. The topological polar surface area (TPSA) is 58.6 Å². The van der Waals surface area contributed by atoms with Crippen molar-refractivity contribution in [2.24, 2.45) is 11.8 Å². The lowest BCUT2D eigenvalue weighted by Crippen LogP contribution is -2.31. The first-order chi connectivity index (χ1) is 9.25. The Hall–Kier alpha value is -1.55. The Morgan fingerprint density at radius 2 is 2.00 bits per heavy atom. The lowest BCUT2D eigenvalue weighted by atomic mass is 9.93. The third-order valence-electron chi connectivity index (χ3n) is 3.70. The Morgan fingerprint density at radius 3 is 2.63 bits per heavy atom. The number of carboxylic acids is 1. The van der Waals surface area contributed by atoms with Crippen LogP contribution in [-0.2, 0) is 4.79 Å². The molecule has 4 heteroatoms. The molecule has 1 aliphatic carbocycles. The van der Waals surface area contributed by atoms with Gasteiger partial charge in [-0.25, -0.2) is 0 Å². The van der Waals surface area contributed by atoms with Crippen molar-refractivity contribution in [2.45, 2.75) is 32.1 Å². The lowest BCUT2D eigenvalue weighted by Gasteiger charge is -2.17. The fourth-order valence-corrected chi connectivity index (χ4v) is 2.63. The minimum Gasteiger partial charge on any atom is -0.481 e. The first kappa shape index (κ1) is 13.9. The molecule has 19 heavy (non-hydrogen) atoms. The number of hydrogen-bond acceptors (Lipinski definition) is 3. The van der Waals surface area contributed by atoms with Gasteiger partial charge in [0.15, 0.2) is 0 Å². The Balaban J connectivity index is 1.75. The molecule has 0 heterocycles. The molecule has 0 unspecified atom stereocenters. The van der Waals surface area contributed by atoms with Crippen LogP contribution in [0, 0.1) is 11.8 Å². The van der Waals surface area contributed by atoms with Gasteiger partial charge in [0.1, 0.15) is 5.75 Å². The van der Waals surface area contributed by atoms with E-state index in [0.717, 1.165) is 6.42 Å². The summed E-state index contributed by atoms with van der Waals surface area (Å²) in [6, 6.07) is 9.33. The molecule has 1 atom stereocenters. The highest BCUT2D eigenvalue weighted by atomic mass is 16.6. The summed E-state index contributed by atoms with van der Waals surface area (Å²) < 4.78 is 0. The van der Waals surface area contributed by atoms with Gasteiger partial charge in [-0.15, -0.1) is 0 Å². The molecule has 0 aliphatic heterocycles. The molecule has 104 valence electrons. The van der Waals surface area contributed by atoms with Crippen molar-refractivity contribution in [1.29, 1.82) is 0 Å². The molecule has 2 rings (SSSR count). The maximum absolute atomic E-state index is 11.2. The predicted octanol–water partition coefficient (Wildman–Crippen LogP) is 2.85. The Morgan fingerprint density at radius 1 is 1.32 bits per heavy atom. The van der Waals surface area contributed by atoms with Crippen LogP contribution in [0.3, 0.4) is 0 Å². The van der Waals surface area contributed by atoms with E-state index in [2.05, 4.69) is 5.48 Å². The molecule has 1 fully saturated rings. The van der Waals surface area contributed by atoms with Gasteiger partial charge in [-0.1, -0.05) is 43.9 Å². The monoisotopic (exact) mass is 263 g/mol. The van der Waals surface area contributed by atoms with Crippen LogP contribution in [0.25, 0.3) is 0 Å². The van der Waals surface area contributed by atoms with Crippen LogP contribution in [0.5, 0.6) is 5.75 Å².